The highest BCUT2D eigenvalue weighted by Crippen LogP contribution is 2.51. The van der Waals surface area contributed by atoms with E-state index in [1.165, 1.54) is 18.2 Å². The van der Waals surface area contributed by atoms with Crippen LogP contribution < -0.4 is 5.32 Å². The maximum absolute atomic E-state index is 14.3. The third kappa shape index (κ3) is 4.82. The Balaban J connectivity index is 1.67. The van der Waals surface area contributed by atoms with E-state index in [1.807, 2.05) is 0 Å². The number of aryl methyl sites for hydroxylation is 1. The van der Waals surface area contributed by atoms with E-state index < -0.39 is 45.5 Å². The fourth-order valence-electron chi connectivity index (χ4n) is 3.77. The van der Waals surface area contributed by atoms with Gasteiger partial charge in [0.2, 0.25) is 0 Å². The zero-order chi connectivity index (χ0) is 25.8. The molecule has 0 aliphatic carbocycles. The third-order valence-electron chi connectivity index (χ3n) is 5.76. The molecule has 0 saturated carbocycles. The molecule has 2 aromatic rings. The molecule has 1 unspecified atom stereocenters. The van der Waals surface area contributed by atoms with Gasteiger partial charge in [0.05, 0.1) is 21.3 Å². The third-order valence-corrected chi connectivity index (χ3v) is 7.84. The quantitative estimate of drug-likeness (QED) is 0.424. The largest absolute Gasteiger partial charge is 0.435 e. The van der Waals surface area contributed by atoms with Crippen LogP contribution in [0, 0.1) is 6.92 Å². The monoisotopic (exact) mass is 556 g/mol. The number of alkyl halides is 6. The summed E-state index contributed by atoms with van der Waals surface area (Å²) in [6.07, 6.45) is -11.1. The molecule has 0 spiro atoms. The number of oxime groups is 1. The number of hydrogen-bond donors (Lipinski definition) is 1. The summed E-state index contributed by atoms with van der Waals surface area (Å²) in [5.74, 6) is 1.31. The summed E-state index contributed by atoms with van der Waals surface area (Å²) < 4.78 is 82.9. The molecule has 1 amide bonds. The average molecular weight is 557 g/mol. The van der Waals surface area contributed by atoms with Crippen LogP contribution in [0.25, 0.3) is 0 Å². The van der Waals surface area contributed by atoms with Crippen LogP contribution in [0.2, 0.25) is 10.0 Å². The van der Waals surface area contributed by atoms with Crippen molar-refractivity contribution in [1.82, 2.24) is 5.32 Å². The minimum atomic E-state index is -5.14. The molecule has 35 heavy (non-hydrogen) atoms. The van der Waals surface area contributed by atoms with Crippen LogP contribution in [0.3, 0.4) is 0 Å². The number of carbonyl (C=O) groups is 1. The number of nitrogens with one attached hydrogen (secondary N) is 1. The molecule has 2 aliphatic heterocycles. The van der Waals surface area contributed by atoms with Crippen molar-refractivity contribution in [2.75, 3.05) is 11.5 Å². The average Bonchev–Trinajstić information content (AvgIpc) is 3.18. The standard InChI is InChI=1S/C22H16Cl2F6N2O2S/c1-10-4-11(2-3-14(10)19(33)31-13-8-35-9-13)17-7-20(34-32-17,22(28,29)30)12-5-15(21(25,26)27)18(24)16(23)6-12/h2-6,13H,7-9H2,1H3,(H,31,33). The van der Waals surface area contributed by atoms with E-state index in [1.54, 1.807) is 18.7 Å². The van der Waals surface area contributed by atoms with Gasteiger partial charge in [0.25, 0.3) is 11.5 Å². The lowest BCUT2D eigenvalue weighted by Gasteiger charge is -2.30. The van der Waals surface area contributed by atoms with Gasteiger partial charge in [-0.1, -0.05) is 34.4 Å². The lowest BCUT2D eigenvalue weighted by Crippen LogP contribution is -2.44. The van der Waals surface area contributed by atoms with E-state index in [2.05, 4.69) is 10.5 Å². The number of thioether (sulfide) groups is 1. The summed E-state index contributed by atoms with van der Waals surface area (Å²) in [6.45, 7) is 1.62. The van der Waals surface area contributed by atoms with Crippen LogP contribution in [0.4, 0.5) is 26.3 Å². The first kappa shape index (κ1) is 26.0. The Bertz CT molecular complexity index is 1210. The first-order valence-electron chi connectivity index (χ1n) is 10.1. The van der Waals surface area contributed by atoms with Crippen molar-refractivity contribution in [2.24, 2.45) is 5.16 Å². The van der Waals surface area contributed by atoms with Crippen LogP contribution in [0.1, 0.15) is 39.0 Å². The van der Waals surface area contributed by atoms with Crippen LogP contribution in [-0.4, -0.2) is 35.3 Å². The minimum absolute atomic E-state index is 0.0689. The number of carbonyl (C=O) groups excluding carboxylic acids is 1. The Labute approximate surface area is 210 Å². The highest BCUT2D eigenvalue weighted by molar-refractivity contribution is 8.00. The van der Waals surface area contributed by atoms with Crippen molar-refractivity contribution in [3.05, 3.63) is 68.2 Å². The summed E-state index contributed by atoms with van der Waals surface area (Å²) >= 11 is 13.1. The molecule has 1 N–H and O–H groups in total. The Morgan fingerprint density at radius 2 is 1.83 bits per heavy atom. The van der Waals surface area contributed by atoms with Crippen molar-refractivity contribution < 1.29 is 36.0 Å². The fraction of sp³-hybridized carbons (Fsp3) is 0.364. The minimum Gasteiger partial charge on any atom is -0.374 e. The van der Waals surface area contributed by atoms with Gasteiger partial charge in [-0.05, 0) is 42.3 Å². The molecule has 0 bridgehead atoms. The van der Waals surface area contributed by atoms with Gasteiger partial charge >= 0.3 is 12.4 Å². The van der Waals surface area contributed by atoms with Crippen molar-refractivity contribution in [2.45, 2.75) is 37.3 Å². The van der Waals surface area contributed by atoms with E-state index in [0.717, 1.165) is 11.5 Å². The van der Waals surface area contributed by atoms with E-state index >= 15 is 0 Å². The predicted octanol–water partition coefficient (Wildman–Crippen LogP) is 6.75. The lowest BCUT2D eigenvalue weighted by atomic mass is 9.85. The van der Waals surface area contributed by atoms with E-state index in [4.69, 9.17) is 28.0 Å². The number of halogens is 8. The molecule has 4 rings (SSSR count). The summed E-state index contributed by atoms with van der Waals surface area (Å²) in [5, 5.41) is 4.82. The highest BCUT2D eigenvalue weighted by Gasteiger charge is 2.63. The summed E-state index contributed by atoms with van der Waals surface area (Å²) in [5.41, 5.74) is -4.66. The first-order valence-corrected chi connectivity index (χ1v) is 12.0. The van der Waals surface area contributed by atoms with Crippen LogP contribution in [0.15, 0.2) is 35.5 Å². The van der Waals surface area contributed by atoms with E-state index in [9.17, 15) is 31.1 Å². The lowest BCUT2D eigenvalue weighted by molar-refractivity contribution is -0.276. The molecule has 2 aliphatic rings. The topological polar surface area (TPSA) is 50.7 Å². The van der Waals surface area contributed by atoms with Gasteiger partial charge in [0.1, 0.15) is 0 Å². The van der Waals surface area contributed by atoms with Gasteiger partial charge in [0, 0.05) is 35.1 Å². The molecule has 188 valence electrons. The maximum Gasteiger partial charge on any atom is 0.435 e. The number of benzene rings is 2. The molecular formula is C22H16Cl2F6N2O2S. The van der Waals surface area contributed by atoms with Crippen LogP contribution in [-0.2, 0) is 16.6 Å². The molecule has 0 aromatic heterocycles. The molecule has 1 saturated heterocycles. The van der Waals surface area contributed by atoms with E-state index in [-0.39, 0.29) is 29.3 Å². The molecule has 4 nitrogen and oxygen atoms in total. The maximum atomic E-state index is 14.3. The molecule has 0 radical (unpaired) electrons. The van der Waals surface area contributed by atoms with Gasteiger partial charge < -0.3 is 10.2 Å². The first-order chi connectivity index (χ1) is 16.2. The summed E-state index contributed by atoms with van der Waals surface area (Å²) in [4.78, 5) is 17.3. The second kappa shape index (κ2) is 9.08. The normalized spacial score (nSPS) is 20.8. The molecule has 13 heteroatoms. The Morgan fingerprint density at radius 1 is 1.14 bits per heavy atom. The second-order valence-corrected chi connectivity index (χ2v) is 10.0. The molecule has 1 atom stereocenters. The second-order valence-electron chi connectivity index (χ2n) is 8.19. The van der Waals surface area contributed by atoms with Crippen molar-refractivity contribution in [1.29, 1.82) is 0 Å². The van der Waals surface area contributed by atoms with Gasteiger partial charge in [0.15, 0.2) is 0 Å². The van der Waals surface area contributed by atoms with Crippen LogP contribution in [0.5, 0.6) is 0 Å². The highest BCUT2D eigenvalue weighted by atomic mass is 35.5. The predicted molar refractivity (Wildman–Crippen MR) is 121 cm³/mol. The number of hydrogen-bond acceptors (Lipinski definition) is 4. The molecule has 2 aromatic carbocycles. The van der Waals surface area contributed by atoms with E-state index in [0.29, 0.717) is 17.2 Å². The van der Waals surface area contributed by atoms with Gasteiger partial charge in [-0.15, -0.1) is 0 Å². The summed E-state index contributed by atoms with van der Waals surface area (Å²) in [6, 6.07) is 5.40. The zero-order valence-electron chi connectivity index (χ0n) is 17.8. The number of nitrogens with zero attached hydrogens (tertiary/aromatic N) is 1. The number of rotatable bonds is 4. The van der Waals surface area contributed by atoms with Gasteiger partial charge in [-0.2, -0.15) is 38.1 Å². The zero-order valence-corrected chi connectivity index (χ0v) is 20.1. The smallest absolute Gasteiger partial charge is 0.374 e. The fourth-order valence-corrected chi connectivity index (χ4v) is 4.84. The van der Waals surface area contributed by atoms with Crippen molar-refractivity contribution >= 4 is 46.6 Å². The molecule has 2 heterocycles. The molecule has 1 fully saturated rings. The number of amides is 1. The van der Waals surface area contributed by atoms with Gasteiger partial charge in [-0.3, -0.25) is 4.79 Å². The Morgan fingerprint density at radius 3 is 2.37 bits per heavy atom. The van der Waals surface area contributed by atoms with Gasteiger partial charge in [-0.25, -0.2) is 0 Å². The Hall–Kier alpha value is -2.11. The van der Waals surface area contributed by atoms with Crippen LogP contribution >= 0.6 is 35.0 Å². The SMILES string of the molecule is Cc1cc(C2=NOC(c3cc(Cl)c(Cl)c(C(F)(F)F)c3)(C(F)(F)F)C2)ccc1C(=O)NC1CSC1. The van der Waals surface area contributed by atoms with Crippen molar-refractivity contribution in [3.8, 4) is 0 Å². The Kier molecular flexibility index (Phi) is 6.74. The summed E-state index contributed by atoms with van der Waals surface area (Å²) in [7, 11) is 0. The van der Waals surface area contributed by atoms with Crippen molar-refractivity contribution in [3.63, 3.8) is 0 Å². The molecular weight excluding hydrogens is 541 g/mol.